The van der Waals surface area contributed by atoms with Crippen LogP contribution in [0.25, 0.3) is 0 Å². The second-order valence-corrected chi connectivity index (χ2v) is 5.31. The van der Waals surface area contributed by atoms with E-state index < -0.39 is 0 Å². The molecule has 1 aromatic carbocycles. The lowest BCUT2D eigenvalue weighted by Crippen LogP contribution is -2.14. The fraction of sp³-hybridized carbons (Fsp3) is 0.588. The summed E-state index contributed by atoms with van der Waals surface area (Å²) < 4.78 is 5.43. The summed E-state index contributed by atoms with van der Waals surface area (Å²) in [5.41, 5.74) is 2.99. The largest absolute Gasteiger partial charge is 0.462 e. The molecule has 0 saturated carbocycles. The molecule has 2 heteroatoms. The van der Waals surface area contributed by atoms with E-state index in [-0.39, 0.29) is 5.97 Å². The summed E-state index contributed by atoms with van der Waals surface area (Å²) in [6.45, 7) is 8.95. The van der Waals surface area contributed by atoms with E-state index in [4.69, 9.17) is 4.74 Å². The molecule has 0 aromatic heterocycles. The third-order valence-corrected chi connectivity index (χ3v) is 3.74. The number of rotatable bonds is 7. The van der Waals surface area contributed by atoms with Crippen LogP contribution in [0.1, 0.15) is 61.0 Å². The Balaban J connectivity index is 2.52. The zero-order chi connectivity index (χ0) is 14.3. The van der Waals surface area contributed by atoms with E-state index in [9.17, 15) is 4.79 Å². The number of unbranched alkanes of at least 4 members (excludes halogenated alkanes) is 1. The summed E-state index contributed by atoms with van der Waals surface area (Å²) in [7, 11) is 0. The summed E-state index contributed by atoms with van der Waals surface area (Å²) in [4.78, 5) is 12.0. The first-order valence-electron chi connectivity index (χ1n) is 7.32. The van der Waals surface area contributed by atoms with Gasteiger partial charge in [-0.15, -0.1) is 0 Å². The Hall–Kier alpha value is -1.31. The molecule has 0 heterocycles. The average molecular weight is 262 g/mol. The molecular formula is C17H26O2. The van der Waals surface area contributed by atoms with Gasteiger partial charge in [0.25, 0.3) is 0 Å². The summed E-state index contributed by atoms with van der Waals surface area (Å²) in [6.07, 6.45) is 4.62. The third-order valence-electron chi connectivity index (χ3n) is 3.74. The number of carbonyl (C=O) groups is 1. The van der Waals surface area contributed by atoms with Gasteiger partial charge < -0.3 is 4.74 Å². The minimum absolute atomic E-state index is 0.196. The van der Waals surface area contributed by atoms with Crippen LogP contribution >= 0.6 is 0 Å². The normalized spacial score (nSPS) is 12.2. The summed E-state index contributed by atoms with van der Waals surface area (Å²) >= 11 is 0. The summed E-state index contributed by atoms with van der Waals surface area (Å²) in [6, 6.07) is 5.72. The van der Waals surface area contributed by atoms with Crippen LogP contribution in [0.4, 0.5) is 0 Å². The quantitative estimate of drug-likeness (QED) is 0.667. The maximum atomic E-state index is 12.0. The first-order valence-corrected chi connectivity index (χ1v) is 7.32. The monoisotopic (exact) mass is 262 g/mol. The molecular weight excluding hydrogens is 236 g/mol. The van der Waals surface area contributed by atoms with Gasteiger partial charge in [-0.1, -0.05) is 39.2 Å². The first kappa shape index (κ1) is 15.7. The molecule has 0 fully saturated rings. The Morgan fingerprint density at radius 2 is 1.95 bits per heavy atom. The van der Waals surface area contributed by atoms with Crippen LogP contribution < -0.4 is 0 Å². The molecule has 0 aliphatic carbocycles. The molecule has 106 valence electrons. The number of benzene rings is 1. The molecule has 0 amide bonds. The van der Waals surface area contributed by atoms with E-state index in [2.05, 4.69) is 13.8 Å². The van der Waals surface area contributed by atoms with Gasteiger partial charge in [0.05, 0.1) is 12.2 Å². The molecule has 0 spiro atoms. The van der Waals surface area contributed by atoms with Crippen molar-refractivity contribution in [3.8, 4) is 0 Å². The smallest absolute Gasteiger partial charge is 0.338 e. The van der Waals surface area contributed by atoms with E-state index in [0.717, 1.165) is 18.4 Å². The highest BCUT2D eigenvalue weighted by molar-refractivity contribution is 5.89. The van der Waals surface area contributed by atoms with Gasteiger partial charge in [-0.3, -0.25) is 0 Å². The molecule has 0 N–H and O–H groups in total. The van der Waals surface area contributed by atoms with Crippen LogP contribution in [0.5, 0.6) is 0 Å². The molecule has 0 saturated heterocycles. The van der Waals surface area contributed by atoms with Gasteiger partial charge in [-0.2, -0.15) is 0 Å². The van der Waals surface area contributed by atoms with Crippen LogP contribution in [-0.2, 0) is 4.74 Å². The average Bonchev–Trinajstić information content (AvgIpc) is 2.41. The fourth-order valence-electron chi connectivity index (χ4n) is 2.04. The zero-order valence-electron chi connectivity index (χ0n) is 12.7. The maximum Gasteiger partial charge on any atom is 0.338 e. The number of hydrogen-bond acceptors (Lipinski definition) is 2. The van der Waals surface area contributed by atoms with Gasteiger partial charge in [0.2, 0.25) is 0 Å². The molecule has 1 aromatic rings. The number of ether oxygens (including phenoxy) is 1. The van der Waals surface area contributed by atoms with Crippen molar-refractivity contribution in [1.82, 2.24) is 0 Å². The van der Waals surface area contributed by atoms with Gasteiger partial charge in [0.1, 0.15) is 0 Å². The number of carbonyl (C=O) groups excluding carboxylic acids is 1. The van der Waals surface area contributed by atoms with Gasteiger partial charge in [-0.25, -0.2) is 4.79 Å². The van der Waals surface area contributed by atoms with Crippen LogP contribution in [0.3, 0.4) is 0 Å². The second kappa shape index (κ2) is 7.98. The Bertz CT molecular complexity index is 410. The molecule has 2 nitrogen and oxygen atoms in total. The van der Waals surface area contributed by atoms with Crippen LogP contribution in [-0.4, -0.2) is 12.6 Å². The number of esters is 1. The Kier molecular flexibility index (Phi) is 6.61. The minimum atomic E-state index is -0.196. The Labute approximate surface area is 117 Å². The van der Waals surface area contributed by atoms with Crippen molar-refractivity contribution in [3.63, 3.8) is 0 Å². The Morgan fingerprint density at radius 1 is 1.21 bits per heavy atom. The van der Waals surface area contributed by atoms with E-state index in [1.807, 2.05) is 32.0 Å². The van der Waals surface area contributed by atoms with Crippen molar-refractivity contribution >= 4 is 5.97 Å². The maximum absolute atomic E-state index is 12.0. The molecule has 1 atom stereocenters. The van der Waals surface area contributed by atoms with E-state index in [1.54, 1.807) is 0 Å². The van der Waals surface area contributed by atoms with Crippen molar-refractivity contribution in [2.45, 2.75) is 53.4 Å². The highest BCUT2D eigenvalue weighted by Crippen LogP contribution is 2.15. The second-order valence-electron chi connectivity index (χ2n) is 5.31. The van der Waals surface area contributed by atoms with Gasteiger partial charge in [0.15, 0.2) is 0 Å². The predicted octanol–water partition coefficient (Wildman–Crippen LogP) is 4.68. The lowest BCUT2D eigenvalue weighted by molar-refractivity contribution is 0.0428. The van der Waals surface area contributed by atoms with Crippen molar-refractivity contribution in [3.05, 3.63) is 34.9 Å². The lowest BCUT2D eigenvalue weighted by atomic mass is 10.0. The van der Waals surface area contributed by atoms with E-state index in [1.165, 1.54) is 18.4 Å². The molecule has 0 aliphatic heterocycles. The lowest BCUT2D eigenvalue weighted by Gasteiger charge is -2.14. The van der Waals surface area contributed by atoms with Crippen molar-refractivity contribution in [2.24, 2.45) is 5.92 Å². The SMILES string of the molecule is CCCCC(CC)COC(=O)c1ccc(C)c(C)c1. The predicted molar refractivity (Wildman–Crippen MR) is 79.5 cm³/mol. The highest BCUT2D eigenvalue weighted by atomic mass is 16.5. The summed E-state index contributed by atoms with van der Waals surface area (Å²) in [5.74, 6) is 0.300. The third kappa shape index (κ3) is 5.06. The number of hydrogen-bond donors (Lipinski definition) is 0. The Morgan fingerprint density at radius 3 is 2.53 bits per heavy atom. The van der Waals surface area contributed by atoms with Gasteiger partial charge in [-0.05, 0) is 49.4 Å². The van der Waals surface area contributed by atoms with Gasteiger partial charge >= 0.3 is 5.97 Å². The van der Waals surface area contributed by atoms with Crippen molar-refractivity contribution in [1.29, 1.82) is 0 Å². The summed E-state index contributed by atoms with van der Waals surface area (Å²) in [5, 5.41) is 0. The number of aryl methyl sites for hydroxylation is 2. The topological polar surface area (TPSA) is 26.3 Å². The molecule has 0 radical (unpaired) electrons. The molecule has 0 aliphatic rings. The molecule has 0 bridgehead atoms. The standard InChI is InChI=1S/C17H26O2/c1-5-7-8-15(6-2)12-19-17(18)16-10-9-13(3)14(4)11-16/h9-11,15H,5-8,12H2,1-4H3. The van der Waals surface area contributed by atoms with Crippen LogP contribution in [0.15, 0.2) is 18.2 Å². The van der Waals surface area contributed by atoms with Crippen LogP contribution in [0, 0.1) is 19.8 Å². The van der Waals surface area contributed by atoms with Crippen molar-refractivity contribution in [2.75, 3.05) is 6.61 Å². The minimum Gasteiger partial charge on any atom is -0.462 e. The molecule has 1 rings (SSSR count). The molecule has 1 unspecified atom stereocenters. The molecule has 19 heavy (non-hydrogen) atoms. The van der Waals surface area contributed by atoms with E-state index >= 15 is 0 Å². The zero-order valence-corrected chi connectivity index (χ0v) is 12.7. The highest BCUT2D eigenvalue weighted by Gasteiger charge is 2.12. The van der Waals surface area contributed by atoms with Crippen molar-refractivity contribution < 1.29 is 9.53 Å². The van der Waals surface area contributed by atoms with E-state index in [0.29, 0.717) is 18.1 Å². The first-order chi connectivity index (χ1) is 9.08. The van der Waals surface area contributed by atoms with Crippen LogP contribution in [0.2, 0.25) is 0 Å². The fourth-order valence-corrected chi connectivity index (χ4v) is 2.04. The van der Waals surface area contributed by atoms with Gasteiger partial charge in [0, 0.05) is 0 Å².